The third kappa shape index (κ3) is 3.54. The zero-order chi connectivity index (χ0) is 17.7. The smallest absolute Gasteiger partial charge is 0.264 e. The fourth-order valence-corrected chi connectivity index (χ4v) is 2.28. The van der Waals surface area contributed by atoms with E-state index in [-0.39, 0.29) is 22.8 Å². The average molecular weight is 347 g/mol. The van der Waals surface area contributed by atoms with Crippen LogP contribution in [0, 0.1) is 4.77 Å². The molecule has 7 nitrogen and oxygen atoms in total. The van der Waals surface area contributed by atoms with Crippen LogP contribution < -0.4 is 15.0 Å². The Morgan fingerprint density at radius 2 is 2.17 bits per heavy atom. The van der Waals surface area contributed by atoms with E-state index in [0.717, 1.165) is 0 Å². The number of benzene rings is 1. The highest BCUT2D eigenvalue weighted by atomic mass is 32.1. The average Bonchev–Trinajstić information content (AvgIpc) is 2.58. The van der Waals surface area contributed by atoms with Crippen molar-refractivity contribution in [3.05, 3.63) is 51.5 Å². The number of rotatable bonds is 6. The summed E-state index contributed by atoms with van der Waals surface area (Å²) in [6, 6.07) is 5.08. The van der Waals surface area contributed by atoms with Crippen molar-refractivity contribution >= 4 is 24.1 Å². The van der Waals surface area contributed by atoms with Gasteiger partial charge in [-0.3, -0.25) is 19.3 Å². The van der Waals surface area contributed by atoms with Crippen molar-refractivity contribution in [2.45, 2.75) is 6.54 Å². The van der Waals surface area contributed by atoms with Gasteiger partial charge in [0.2, 0.25) is 5.88 Å². The Balaban J connectivity index is 2.54. The van der Waals surface area contributed by atoms with Gasteiger partial charge in [0, 0.05) is 18.8 Å². The van der Waals surface area contributed by atoms with Gasteiger partial charge in [-0.1, -0.05) is 6.08 Å². The monoisotopic (exact) mass is 347 g/mol. The van der Waals surface area contributed by atoms with Crippen LogP contribution in [0.15, 0.2) is 40.6 Å². The van der Waals surface area contributed by atoms with Crippen LogP contribution in [0.5, 0.6) is 17.4 Å². The van der Waals surface area contributed by atoms with E-state index in [1.165, 1.54) is 25.0 Å². The van der Waals surface area contributed by atoms with Crippen LogP contribution in [-0.2, 0) is 6.54 Å². The maximum Gasteiger partial charge on any atom is 0.264 e. The second kappa shape index (κ2) is 7.60. The first-order valence-electron chi connectivity index (χ1n) is 6.95. The van der Waals surface area contributed by atoms with Gasteiger partial charge in [-0.25, -0.2) is 0 Å². The quantitative estimate of drug-likeness (QED) is 0.476. The first kappa shape index (κ1) is 17.5. The molecule has 0 unspecified atom stereocenters. The number of aromatic hydroxyl groups is 1. The highest BCUT2D eigenvalue weighted by molar-refractivity contribution is 7.71. The topological polar surface area (TPSA) is 88.8 Å². The summed E-state index contributed by atoms with van der Waals surface area (Å²) in [5.74, 6) is 0.805. The molecule has 2 rings (SSSR count). The van der Waals surface area contributed by atoms with Gasteiger partial charge < -0.3 is 14.6 Å². The number of aliphatic imine (C=N–C) groups is 1. The van der Waals surface area contributed by atoms with E-state index >= 15 is 0 Å². The van der Waals surface area contributed by atoms with Crippen molar-refractivity contribution < 1.29 is 14.6 Å². The fourth-order valence-electron chi connectivity index (χ4n) is 2.02. The predicted octanol–water partition coefficient (Wildman–Crippen LogP) is 2.57. The van der Waals surface area contributed by atoms with E-state index < -0.39 is 5.56 Å². The molecule has 1 aromatic heterocycles. The van der Waals surface area contributed by atoms with Crippen molar-refractivity contribution in [3.8, 4) is 17.4 Å². The van der Waals surface area contributed by atoms with E-state index in [9.17, 15) is 9.90 Å². The van der Waals surface area contributed by atoms with Gasteiger partial charge in [-0.2, -0.15) is 0 Å². The van der Waals surface area contributed by atoms with Crippen LogP contribution in [0.25, 0.3) is 0 Å². The minimum Gasteiger partial charge on any atom is -0.497 e. The molecule has 2 aromatic rings. The number of aromatic amines is 1. The van der Waals surface area contributed by atoms with Gasteiger partial charge in [-0.05, 0) is 24.4 Å². The number of nitrogens with one attached hydrogen (secondary N) is 1. The van der Waals surface area contributed by atoms with E-state index in [0.29, 0.717) is 17.2 Å². The first-order chi connectivity index (χ1) is 11.5. The molecule has 0 spiro atoms. The number of aromatic nitrogens is 2. The molecular formula is C16H17N3O4S. The third-order valence-corrected chi connectivity index (χ3v) is 3.56. The zero-order valence-corrected chi connectivity index (χ0v) is 14.1. The number of nitrogens with zero attached hydrogens (tertiary/aromatic N) is 2. The molecule has 24 heavy (non-hydrogen) atoms. The van der Waals surface area contributed by atoms with E-state index in [4.69, 9.17) is 21.7 Å². The molecule has 0 saturated heterocycles. The van der Waals surface area contributed by atoms with Gasteiger partial charge in [0.15, 0.2) is 4.77 Å². The van der Waals surface area contributed by atoms with Gasteiger partial charge in [0.1, 0.15) is 22.7 Å². The summed E-state index contributed by atoms with van der Waals surface area (Å²) in [4.78, 5) is 18.8. The summed E-state index contributed by atoms with van der Waals surface area (Å²) in [7, 11) is 3.04. The van der Waals surface area contributed by atoms with E-state index in [2.05, 4.69) is 16.6 Å². The Morgan fingerprint density at radius 1 is 1.42 bits per heavy atom. The molecule has 0 saturated carbocycles. The Labute approximate surface area is 143 Å². The molecular weight excluding hydrogens is 330 g/mol. The summed E-state index contributed by atoms with van der Waals surface area (Å²) < 4.78 is 11.8. The lowest BCUT2D eigenvalue weighted by Crippen LogP contribution is -2.18. The Hall–Kier alpha value is -2.87. The number of H-pyrrole nitrogens is 1. The molecule has 0 radical (unpaired) electrons. The van der Waals surface area contributed by atoms with E-state index in [1.807, 2.05) is 0 Å². The molecule has 2 N–H and O–H groups in total. The second-order valence-electron chi connectivity index (χ2n) is 4.69. The van der Waals surface area contributed by atoms with Gasteiger partial charge in [0.05, 0.1) is 14.2 Å². The molecule has 0 aliphatic rings. The SMILES string of the molecule is C=CCn1c(O)c(C=Nc2cc(OC)ccc2OC)c(=O)[nH]c1=S. The first-order valence-corrected chi connectivity index (χ1v) is 7.35. The summed E-state index contributed by atoms with van der Waals surface area (Å²) >= 11 is 5.02. The number of ether oxygens (including phenoxy) is 2. The molecule has 1 heterocycles. The lowest BCUT2D eigenvalue weighted by molar-refractivity contribution is 0.404. The number of allylic oxidation sites excluding steroid dienone is 1. The van der Waals surface area contributed by atoms with Crippen molar-refractivity contribution in [1.29, 1.82) is 0 Å². The highest BCUT2D eigenvalue weighted by Gasteiger charge is 2.11. The van der Waals surface area contributed by atoms with E-state index in [1.54, 1.807) is 24.3 Å². The van der Waals surface area contributed by atoms with Crippen molar-refractivity contribution in [3.63, 3.8) is 0 Å². The maximum absolute atomic E-state index is 12.0. The molecule has 0 atom stereocenters. The minimum atomic E-state index is -0.538. The lowest BCUT2D eigenvalue weighted by Gasteiger charge is -2.09. The summed E-state index contributed by atoms with van der Waals surface area (Å²) in [5, 5.41) is 10.3. The molecule has 0 aliphatic heterocycles. The number of hydrogen-bond acceptors (Lipinski definition) is 6. The van der Waals surface area contributed by atoms with Gasteiger partial charge >= 0.3 is 0 Å². The molecule has 126 valence electrons. The van der Waals surface area contributed by atoms with Crippen LogP contribution in [-0.4, -0.2) is 35.1 Å². The minimum absolute atomic E-state index is 0.0182. The summed E-state index contributed by atoms with van der Waals surface area (Å²) in [5.41, 5.74) is -0.105. The third-order valence-electron chi connectivity index (χ3n) is 3.24. The number of methoxy groups -OCH3 is 2. The highest BCUT2D eigenvalue weighted by Crippen LogP contribution is 2.31. The summed E-state index contributed by atoms with van der Waals surface area (Å²) in [6.45, 7) is 3.85. The molecule has 8 heteroatoms. The van der Waals surface area contributed by atoms with Crippen molar-refractivity contribution in [1.82, 2.24) is 9.55 Å². The largest absolute Gasteiger partial charge is 0.497 e. The van der Waals surface area contributed by atoms with Gasteiger partial charge in [0.25, 0.3) is 5.56 Å². The Morgan fingerprint density at radius 3 is 2.79 bits per heavy atom. The lowest BCUT2D eigenvalue weighted by atomic mass is 10.2. The number of hydrogen-bond donors (Lipinski definition) is 2. The van der Waals surface area contributed by atoms with Crippen LogP contribution >= 0.6 is 12.2 Å². The molecule has 0 bridgehead atoms. The second-order valence-corrected chi connectivity index (χ2v) is 5.08. The Kier molecular flexibility index (Phi) is 5.54. The van der Waals surface area contributed by atoms with Crippen LogP contribution in [0.4, 0.5) is 5.69 Å². The van der Waals surface area contributed by atoms with Crippen molar-refractivity contribution in [2.24, 2.45) is 4.99 Å². The van der Waals surface area contributed by atoms with Gasteiger partial charge in [-0.15, -0.1) is 6.58 Å². The standard InChI is InChI=1S/C16H17N3O4S/c1-4-7-19-15(21)11(14(20)18-16(19)24)9-17-12-8-10(22-2)5-6-13(12)23-3/h4-6,8-9,21H,1,7H2,2-3H3,(H,18,20,24). The van der Waals surface area contributed by atoms with Crippen LogP contribution in [0.3, 0.4) is 0 Å². The molecule has 0 aliphatic carbocycles. The summed E-state index contributed by atoms with van der Waals surface area (Å²) in [6.07, 6.45) is 2.81. The van der Waals surface area contributed by atoms with Crippen LogP contribution in [0.2, 0.25) is 0 Å². The predicted molar refractivity (Wildman–Crippen MR) is 94.5 cm³/mol. The zero-order valence-electron chi connectivity index (χ0n) is 13.3. The molecule has 1 aromatic carbocycles. The fraction of sp³-hybridized carbons (Fsp3) is 0.188. The van der Waals surface area contributed by atoms with Crippen molar-refractivity contribution in [2.75, 3.05) is 14.2 Å². The Bertz CT molecular complexity index is 899. The maximum atomic E-state index is 12.0. The normalized spacial score (nSPS) is 10.8. The molecule has 0 fully saturated rings. The molecule has 0 amide bonds. The van der Waals surface area contributed by atoms with Crippen LogP contribution in [0.1, 0.15) is 5.56 Å².